The summed E-state index contributed by atoms with van der Waals surface area (Å²) < 4.78 is 28.5. The number of hydrogen-bond acceptors (Lipinski definition) is 14. The van der Waals surface area contributed by atoms with Gasteiger partial charge in [-0.25, -0.2) is 14.6 Å². The Morgan fingerprint density at radius 3 is 1.50 bits per heavy atom. The third-order valence-corrected chi connectivity index (χ3v) is 17.9. The Bertz CT molecular complexity index is 2320. The summed E-state index contributed by atoms with van der Waals surface area (Å²) in [6, 6.07) is -0.132. The Labute approximate surface area is 569 Å². The predicted molar refractivity (Wildman–Crippen MR) is 379 cm³/mol. The zero-order valence-corrected chi connectivity index (χ0v) is 60.4. The van der Waals surface area contributed by atoms with Gasteiger partial charge in [0.1, 0.15) is 25.1 Å². The van der Waals surface area contributed by atoms with Crippen molar-refractivity contribution < 1.29 is 57.9 Å². The summed E-state index contributed by atoms with van der Waals surface area (Å²) in [4.78, 5) is 84.5. The summed E-state index contributed by atoms with van der Waals surface area (Å²) in [6.45, 7) is 16.7. The normalized spacial score (nSPS) is 16.9. The first kappa shape index (κ1) is 85.1. The van der Waals surface area contributed by atoms with Gasteiger partial charge in [0.15, 0.2) is 6.10 Å². The van der Waals surface area contributed by atoms with Gasteiger partial charge in [-0.1, -0.05) is 206 Å². The molecule has 2 rings (SSSR count). The number of allylic oxidation sites excluding steroid dienone is 3. The van der Waals surface area contributed by atoms with Gasteiger partial charge in [0.2, 0.25) is 0 Å². The summed E-state index contributed by atoms with van der Waals surface area (Å²) in [7, 11) is 0. The molecule has 1 fully saturated rings. The van der Waals surface area contributed by atoms with Crippen LogP contribution in [0.15, 0.2) is 41.3 Å². The van der Waals surface area contributed by atoms with E-state index in [9.17, 15) is 39.0 Å². The molecule has 6 atom stereocenters. The maximum atomic E-state index is 13.5. The second-order valence-corrected chi connectivity index (χ2v) is 28.3. The molecule has 0 aromatic carbocycles. The van der Waals surface area contributed by atoms with Crippen molar-refractivity contribution in [3.63, 3.8) is 0 Å². The highest BCUT2D eigenvalue weighted by Crippen LogP contribution is 2.46. The molecular formula is C77H134N4O13. The number of carbonyl (C=O) groups excluding carboxylic acids is 5. The number of carbonyl (C=O) groups is 5. The quantitative estimate of drug-likeness (QED) is 0.0176. The number of H-pyrrole nitrogens is 1. The number of hydrogen-bond donors (Lipinski definition) is 5. The van der Waals surface area contributed by atoms with Gasteiger partial charge in [-0.05, 0) is 140 Å². The number of amides is 2. The average Bonchev–Trinajstić information content (AvgIpc) is 0.836. The molecule has 0 spiro atoms. The summed E-state index contributed by atoms with van der Waals surface area (Å²) in [6.07, 6.45) is 48.7. The maximum Gasteiger partial charge on any atom is 0.407 e. The first-order valence-electron chi connectivity index (χ1n) is 37.5. The largest absolute Gasteiger partial charge is 0.462 e. The molecule has 0 saturated heterocycles. The van der Waals surface area contributed by atoms with Gasteiger partial charge >= 0.3 is 30.1 Å². The number of nitrogens with zero attached hydrogens (tertiary/aromatic N) is 1. The lowest BCUT2D eigenvalue weighted by molar-refractivity contribution is -0.167. The predicted octanol–water partition coefficient (Wildman–Crippen LogP) is 18.0. The molecule has 1 aliphatic rings. The van der Waals surface area contributed by atoms with E-state index in [4.69, 9.17) is 23.7 Å². The van der Waals surface area contributed by atoms with Crippen molar-refractivity contribution in [2.75, 3.05) is 26.4 Å². The first-order chi connectivity index (χ1) is 45.3. The van der Waals surface area contributed by atoms with Gasteiger partial charge in [0.05, 0.1) is 18.8 Å². The number of aliphatic hydroxyl groups excluding tert-OH is 2. The molecule has 540 valence electrons. The molecule has 94 heavy (non-hydrogen) atoms. The summed E-state index contributed by atoms with van der Waals surface area (Å²) in [5.41, 5.74) is 0.503. The zero-order valence-electron chi connectivity index (χ0n) is 60.4. The van der Waals surface area contributed by atoms with Crippen LogP contribution in [-0.4, -0.2) is 107 Å². The molecule has 1 saturated carbocycles. The smallest absolute Gasteiger partial charge is 0.407 e. The number of aromatic amines is 1. The van der Waals surface area contributed by atoms with Crippen molar-refractivity contribution in [2.45, 2.75) is 362 Å². The zero-order chi connectivity index (χ0) is 68.9. The Kier molecular flexibility index (Phi) is 48.9. The van der Waals surface area contributed by atoms with E-state index < -0.39 is 24.3 Å². The second-order valence-electron chi connectivity index (χ2n) is 28.3. The standard InChI is InChI=1S/C77H134N4O13/c1-9-12-15-36-45-65(82)47-38-30-24-18-21-27-33-42-51-70(84)91-58-68(93-72(86)53-44-35-29-22-19-25-31-39-48-66(83)46-37-16-13-10-2)59-92-71(85)52-43-34-28-23-20-26-32-41-50-67(49-40-17-14-11-3)94-75(89)81-64-56-76(6,7)60-77(8,57-64)61-78-74(88)90-55-54-69-62(4)79-63(5)80-73(69)87/h30-32,38-39,41,64-68,82-83H,9-29,33-37,40,42-61H2,1-8H3,(H,78,88)(H,81,89)(H,79,80,87)/b38-30+,39-31+,41-32+. The van der Waals surface area contributed by atoms with Gasteiger partial charge in [0, 0.05) is 55.9 Å². The number of unbranched alkanes of at least 4 members (excludes halogenated alkanes) is 24. The van der Waals surface area contributed by atoms with Gasteiger partial charge in [-0.15, -0.1) is 0 Å². The minimum absolute atomic E-state index is 0.0521. The van der Waals surface area contributed by atoms with Crippen molar-refractivity contribution in [1.82, 2.24) is 20.6 Å². The highest BCUT2D eigenvalue weighted by Gasteiger charge is 2.42. The van der Waals surface area contributed by atoms with Crippen LogP contribution in [0.2, 0.25) is 0 Å². The number of nitrogens with one attached hydrogen (secondary N) is 3. The van der Waals surface area contributed by atoms with Gasteiger partial charge in [-0.3, -0.25) is 19.2 Å². The third-order valence-electron chi connectivity index (χ3n) is 17.9. The molecule has 17 nitrogen and oxygen atoms in total. The molecule has 6 unspecified atom stereocenters. The molecule has 1 aliphatic carbocycles. The number of esters is 3. The van der Waals surface area contributed by atoms with E-state index >= 15 is 0 Å². The molecule has 1 aromatic heterocycles. The van der Waals surface area contributed by atoms with Crippen molar-refractivity contribution in [2.24, 2.45) is 10.8 Å². The van der Waals surface area contributed by atoms with Crippen molar-refractivity contribution in [3.05, 3.63) is 63.9 Å². The van der Waals surface area contributed by atoms with Crippen LogP contribution in [0, 0.1) is 24.7 Å². The fourth-order valence-electron chi connectivity index (χ4n) is 12.9. The maximum absolute atomic E-state index is 13.5. The SMILES string of the molecule is CCCCCCC(O)C/C=C/CCCCCCCC(=O)OCC(COC(=O)CCCCCCC/C=C/CC(CCCCCC)OC(=O)NC1CC(C)(C)CC(C)(CNC(=O)OCCc2c(C)nc(C)[nH]c2=O)C1)OC(=O)CCCCCCC/C=C/CC(O)CCCCCC. The Hall–Kier alpha value is -5.03. The Morgan fingerprint density at radius 1 is 0.543 bits per heavy atom. The van der Waals surface area contributed by atoms with E-state index in [1.807, 2.05) is 0 Å². The van der Waals surface area contributed by atoms with Crippen LogP contribution in [0.4, 0.5) is 9.59 Å². The van der Waals surface area contributed by atoms with Crippen LogP contribution in [0.1, 0.15) is 328 Å². The number of ether oxygens (including phenoxy) is 5. The van der Waals surface area contributed by atoms with E-state index in [-0.39, 0.29) is 98.2 Å². The van der Waals surface area contributed by atoms with E-state index in [1.165, 1.54) is 38.5 Å². The highest BCUT2D eigenvalue weighted by molar-refractivity contribution is 5.71. The molecule has 0 radical (unpaired) electrons. The molecule has 0 aliphatic heterocycles. The van der Waals surface area contributed by atoms with Crippen LogP contribution in [0.5, 0.6) is 0 Å². The third kappa shape index (κ3) is 46.2. The van der Waals surface area contributed by atoms with E-state index in [1.54, 1.807) is 13.8 Å². The Morgan fingerprint density at radius 2 is 1.00 bits per heavy atom. The minimum Gasteiger partial charge on any atom is -0.462 e. The van der Waals surface area contributed by atoms with Gasteiger partial charge < -0.3 is 49.5 Å². The fourth-order valence-corrected chi connectivity index (χ4v) is 12.9. The molecular weight excluding hydrogens is 1190 g/mol. The minimum atomic E-state index is -0.882. The second kappa shape index (κ2) is 54.0. The molecule has 1 aromatic rings. The van der Waals surface area contributed by atoms with Gasteiger partial charge in [0.25, 0.3) is 5.56 Å². The van der Waals surface area contributed by atoms with Crippen molar-refractivity contribution in [3.8, 4) is 0 Å². The topological polar surface area (TPSA) is 242 Å². The van der Waals surface area contributed by atoms with Crippen LogP contribution in [-0.2, 0) is 44.5 Å². The number of aliphatic hydroxyl groups is 2. The lowest BCUT2D eigenvalue weighted by Crippen LogP contribution is -2.50. The number of rotatable bonds is 57. The first-order valence-corrected chi connectivity index (χ1v) is 37.5. The summed E-state index contributed by atoms with van der Waals surface area (Å²) >= 11 is 0. The highest BCUT2D eigenvalue weighted by atomic mass is 16.6. The van der Waals surface area contributed by atoms with Crippen LogP contribution in [0.25, 0.3) is 0 Å². The molecule has 0 bridgehead atoms. The molecule has 17 heteroatoms. The monoisotopic (exact) mass is 1320 g/mol. The van der Waals surface area contributed by atoms with Crippen LogP contribution >= 0.6 is 0 Å². The number of aryl methyl sites for hydroxylation is 2. The van der Waals surface area contributed by atoms with Crippen molar-refractivity contribution in [1.29, 1.82) is 0 Å². The van der Waals surface area contributed by atoms with E-state index in [0.717, 1.165) is 167 Å². The van der Waals surface area contributed by atoms with Crippen LogP contribution in [0.3, 0.4) is 0 Å². The number of alkyl carbamates (subject to hydrolysis) is 2. The van der Waals surface area contributed by atoms with Gasteiger partial charge in [-0.2, -0.15) is 0 Å². The van der Waals surface area contributed by atoms with Crippen molar-refractivity contribution >= 4 is 30.1 Å². The molecule has 2 amide bonds. The molecule has 5 N–H and O–H groups in total. The summed E-state index contributed by atoms with van der Waals surface area (Å²) in [5.74, 6) is -0.584. The lowest BCUT2D eigenvalue weighted by Gasteiger charge is -2.46. The number of aromatic nitrogens is 2. The fraction of sp³-hybridized carbons (Fsp3) is 0.805. The Balaban J connectivity index is 1.77. The molecule has 1 heterocycles. The van der Waals surface area contributed by atoms with Crippen LogP contribution < -0.4 is 16.2 Å². The average molecular weight is 1320 g/mol. The lowest BCUT2D eigenvalue weighted by atomic mass is 9.62. The van der Waals surface area contributed by atoms with E-state index in [0.29, 0.717) is 68.6 Å². The summed E-state index contributed by atoms with van der Waals surface area (Å²) in [5, 5.41) is 26.5. The van der Waals surface area contributed by atoms with E-state index in [2.05, 4.69) is 98.6 Å².